The van der Waals surface area contributed by atoms with E-state index in [1.54, 1.807) is 0 Å². The zero-order valence-electron chi connectivity index (χ0n) is 12.3. The van der Waals surface area contributed by atoms with Crippen LogP contribution in [0.4, 0.5) is 0 Å². The SMILES string of the molecule is CCc1cc(C2OC2C(=O)OC(C)(C)C)ccc1C. The zero-order chi connectivity index (χ0) is 14.2. The topological polar surface area (TPSA) is 38.8 Å². The Morgan fingerprint density at radius 1 is 1.37 bits per heavy atom. The van der Waals surface area contributed by atoms with E-state index in [4.69, 9.17) is 9.47 Å². The number of ether oxygens (including phenoxy) is 2. The highest BCUT2D eigenvalue weighted by molar-refractivity contribution is 5.78. The molecule has 1 aliphatic rings. The monoisotopic (exact) mass is 262 g/mol. The second kappa shape index (κ2) is 4.97. The van der Waals surface area contributed by atoms with E-state index >= 15 is 0 Å². The molecule has 3 nitrogen and oxygen atoms in total. The van der Waals surface area contributed by atoms with Crippen molar-refractivity contribution < 1.29 is 14.3 Å². The maximum Gasteiger partial charge on any atom is 0.338 e. The molecule has 0 aromatic heterocycles. The van der Waals surface area contributed by atoms with Crippen LogP contribution >= 0.6 is 0 Å². The largest absolute Gasteiger partial charge is 0.458 e. The molecule has 1 fully saturated rings. The first kappa shape index (κ1) is 14.1. The second-order valence-corrected chi connectivity index (χ2v) is 6.05. The van der Waals surface area contributed by atoms with E-state index in [0.29, 0.717) is 0 Å². The van der Waals surface area contributed by atoms with Crippen LogP contribution in [0, 0.1) is 6.92 Å². The number of esters is 1. The summed E-state index contributed by atoms with van der Waals surface area (Å²) in [6.45, 7) is 9.82. The highest BCUT2D eigenvalue weighted by Crippen LogP contribution is 2.40. The summed E-state index contributed by atoms with van der Waals surface area (Å²) in [5, 5.41) is 0. The van der Waals surface area contributed by atoms with Crippen molar-refractivity contribution in [3.05, 3.63) is 34.9 Å². The molecule has 1 aromatic rings. The molecular formula is C16H22O3. The molecule has 0 spiro atoms. The van der Waals surface area contributed by atoms with Crippen molar-refractivity contribution in [3.63, 3.8) is 0 Å². The Morgan fingerprint density at radius 2 is 2.05 bits per heavy atom. The molecule has 3 heteroatoms. The lowest BCUT2D eigenvalue weighted by molar-refractivity contribution is -0.156. The highest BCUT2D eigenvalue weighted by atomic mass is 16.6. The Balaban J connectivity index is 2.05. The van der Waals surface area contributed by atoms with Crippen LogP contribution in [-0.2, 0) is 20.7 Å². The molecule has 0 bridgehead atoms. The van der Waals surface area contributed by atoms with Gasteiger partial charge >= 0.3 is 5.97 Å². The average molecular weight is 262 g/mol. The summed E-state index contributed by atoms with van der Waals surface area (Å²) in [4.78, 5) is 11.9. The average Bonchev–Trinajstić information content (AvgIpc) is 3.07. The summed E-state index contributed by atoms with van der Waals surface area (Å²) in [7, 11) is 0. The van der Waals surface area contributed by atoms with Crippen LogP contribution in [0.3, 0.4) is 0 Å². The van der Waals surface area contributed by atoms with Gasteiger partial charge in [-0.2, -0.15) is 0 Å². The molecule has 2 rings (SSSR count). The van der Waals surface area contributed by atoms with Gasteiger partial charge in [0.25, 0.3) is 0 Å². The Labute approximate surface area is 114 Å². The molecule has 0 saturated carbocycles. The third-order valence-electron chi connectivity index (χ3n) is 3.21. The number of hydrogen-bond acceptors (Lipinski definition) is 3. The van der Waals surface area contributed by atoms with Crippen molar-refractivity contribution in [2.24, 2.45) is 0 Å². The van der Waals surface area contributed by atoms with Gasteiger partial charge in [0, 0.05) is 0 Å². The molecule has 0 amide bonds. The summed E-state index contributed by atoms with van der Waals surface area (Å²) < 4.78 is 10.8. The van der Waals surface area contributed by atoms with Crippen molar-refractivity contribution in [1.29, 1.82) is 0 Å². The lowest BCUT2D eigenvalue weighted by Crippen LogP contribution is -2.26. The molecule has 1 saturated heterocycles. The number of aryl methyl sites for hydroxylation is 2. The van der Waals surface area contributed by atoms with Crippen LogP contribution in [0.5, 0.6) is 0 Å². The number of carbonyl (C=O) groups excluding carboxylic acids is 1. The maximum atomic E-state index is 11.9. The van der Waals surface area contributed by atoms with Crippen LogP contribution in [0.25, 0.3) is 0 Å². The smallest absolute Gasteiger partial charge is 0.338 e. The van der Waals surface area contributed by atoms with Crippen LogP contribution in [0.1, 0.15) is 50.5 Å². The predicted octanol–water partition coefficient (Wildman–Crippen LogP) is 3.34. The molecule has 19 heavy (non-hydrogen) atoms. The van der Waals surface area contributed by atoms with E-state index in [1.165, 1.54) is 11.1 Å². The van der Waals surface area contributed by atoms with Crippen molar-refractivity contribution in [3.8, 4) is 0 Å². The van der Waals surface area contributed by atoms with Crippen molar-refractivity contribution in [2.75, 3.05) is 0 Å². The van der Waals surface area contributed by atoms with E-state index in [9.17, 15) is 4.79 Å². The summed E-state index contributed by atoms with van der Waals surface area (Å²) in [5.74, 6) is -0.267. The normalized spacial score (nSPS) is 22.2. The molecule has 1 aliphatic heterocycles. The molecule has 0 radical (unpaired) electrons. The fourth-order valence-electron chi connectivity index (χ4n) is 2.15. The number of benzene rings is 1. The van der Waals surface area contributed by atoms with E-state index in [2.05, 4.69) is 26.0 Å². The highest BCUT2D eigenvalue weighted by Gasteiger charge is 2.48. The van der Waals surface area contributed by atoms with Crippen LogP contribution in [-0.4, -0.2) is 17.7 Å². The molecule has 0 aliphatic carbocycles. The van der Waals surface area contributed by atoms with Crippen molar-refractivity contribution in [2.45, 2.75) is 58.8 Å². The number of rotatable bonds is 3. The van der Waals surface area contributed by atoms with Gasteiger partial charge in [-0.05, 0) is 50.8 Å². The zero-order valence-corrected chi connectivity index (χ0v) is 12.3. The van der Waals surface area contributed by atoms with Gasteiger partial charge in [0.1, 0.15) is 11.7 Å². The summed E-state index contributed by atoms with van der Waals surface area (Å²) in [6.07, 6.45) is 0.413. The van der Waals surface area contributed by atoms with Gasteiger partial charge < -0.3 is 9.47 Å². The van der Waals surface area contributed by atoms with Crippen LogP contribution < -0.4 is 0 Å². The number of hydrogen-bond donors (Lipinski definition) is 0. The lowest BCUT2D eigenvalue weighted by atomic mass is 10.0. The van der Waals surface area contributed by atoms with Crippen LogP contribution in [0.2, 0.25) is 0 Å². The van der Waals surface area contributed by atoms with Crippen LogP contribution in [0.15, 0.2) is 18.2 Å². The molecule has 0 N–H and O–H groups in total. The van der Waals surface area contributed by atoms with E-state index in [1.807, 2.05) is 26.8 Å². The molecule has 1 heterocycles. The fraction of sp³-hybridized carbons (Fsp3) is 0.562. The fourth-order valence-corrected chi connectivity index (χ4v) is 2.15. The summed E-state index contributed by atoms with van der Waals surface area (Å²) >= 11 is 0. The Bertz CT molecular complexity index is 485. The first-order chi connectivity index (χ1) is 8.81. The Kier molecular flexibility index (Phi) is 3.68. The van der Waals surface area contributed by atoms with Gasteiger partial charge in [0.15, 0.2) is 6.10 Å². The number of carbonyl (C=O) groups is 1. The molecule has 2 atom stereocenters. The Morgan fingerprint density at radius 3 is 2.63 bits per heavy atom. The van der Waals surface area contributed by atoms with Gasteiger partial charge in [-0.25, -0.2) is 4.79 Å². The first-order valence-corrected chi connectivity index (χ1v) is 6.79. The van der Waals surface area contributed by atoms with E-state index in [-0.39, 0.29) is 12.1 Å². The summed E-state index contributed by atoms with van der Waals surface area (Å²) in [6, 6.07) is 6.25. The van der Waals surface area contributed by atoms with Gasteiger partial charge in [-0.3, -0.25) is 0 Å². The van der Waals surface area contributed by atoms with E-state index < -0.39 is 11.7 Å². The van der Waals surface area contributed by atoms with Gasteiger partial charge in [-0.15, -0.1) is 0 Å². The Hall–Kier alpha value is -1.35. The minimum Gasteiger partial charge on any atom is -0.458 e. The molecule has 1 aromatic carbocycles. The minimum absolute atomic E-state index is 0.138. The van der Waals surface area contributed by atoms with E-state index in [0.717, 1.165) is 12.0 Å². The predicted molar refractivity (Wildman–Crippen MR) is 74.0 cm³/mol. The third kappa shape index (κ3) is 3.35. The van der Waals surface area contributed by atoms with Gasteiger partial charge in [0.05, 0.1) is 0 Å². The minimum atomic E-state index is -0.463. The van der Waals surface area contributed by atoms with Gasteiger partial charge in [-0.1, -0.05) is 25.1 Å². The maximum absolute atomic E-state index is 11.9. The lowest BCUT2D eigenvalue weighted by Gasteiger charge is -2.18. The van der Waals surface area contributed by atoms with Crippen molar-refractivity contribution in [1.82, 2.24) is 0 Å². The first-order valence-electron chi connectivity index (χ1n) is 6.79. The quantitative estimate of drug-likeness (QED) is 0.619. The molecule has 104 valence electrons. The standard InChI is InChI=1S/C16H22O3/c1-6-11-9-12(8-7-10(11)2)13-14(18-13)15(17)19-16(3,4)5/h7-9,13-14H,6H2,1-5H3. The number of epoxide rings is 1. The molecule has 2 unspecified atom stereocenters. The summed E-state index contributed by atoms with van der Waals surface area (Å²) in [5.41, 5.74) is 3.19. The molecular weight excluding hydrogens is 240 g/mol. The second-order valence-electron chi connectivity index (χ2n) is 6.05. The third-order valence-corrected chi connectivity index (χ3v) is 3.21. The van der Waals surface area contributed by atoms with Crippen molar-refractivity contribution >= 4 is 5.97 Å². The van der Waals surface area contributed by atoms with Gasteiger partial charge in [0.2, 0.25) is 0 Å².